The van der Waals surface area contributed by atoms with Crippen molar-refractivity contribution in [3.8, 4) is 5.75 Å². The summed E-state index contributed by atoms with van der Waals surface area (Å²) in [6, 6.07) is 9.48. The monoisotopic (exact) mass is 274 g/mol. The van der Waals surface area contributed by atoms with E-state index < -0.39 is 0 Å². The molecule has 0 fully saturated rings. The van der Waals surface area contributed by atoms with Crippen molar-refractivity contribution in [1.82, 2.24) is 10.3 Å². The van der Waals surface area contributed by atoms with Gasteiger partial charge < -0.3 is 14.8 Å². The molecule has 106 valence electrons. The van der Waals surface area contributed by atoms with E-state index in [0.717, 1.165) is 17.3 Å². The van der Waals surface area contributed by atoms with E-state index >= 15 is 0 Å². The third-order valence-electron chi connectivity index (χ3n) is 2.80. The summed E-state index contributed by atoms with van der Waals surface area (Å²) >= 11 is 0. The quantitative estimate of drug-likeness (QED) is 0.782. The highest BCUT2D eigenvalue weighted by Crippen LogP contribution is 2.22. The molecule has 0 saturated heterocycles. The Kier molecular flexibility index (Phi) is 5.32. The number of rotatable bonds is 7. The van der Waals surface area contributed by atoms with E-state index in [1.807, 2.05) is 30.3 Å². The average molecular weight is 274 g/mol. The Labute approximate surface area is 117 Å². The first-order valence-corrected chi connectivity index (χ1v) is 6.53. The SMILES string of the molecule is COCCCNC(=O)COc1cccc2cccnc12. The Morgan fingerprint density at radius 3 is 3.00 bits per heavy atom. The number of ether oxygens (including phenoxy) is 2. The molecule has 1 aromatic carbocycles. The molecule has 0 atom stereocenters. The zero-order valence-corrected chi connectivity index (χ0v) is 11.5. The lowest BCUT2D eigenvalue weighted by Gasteiger charge is -2.09. The number of pyridine rings is 1. The Balaban J connectivity index is 1.88. The van der Waals surface area contributed by atoms with Crippen LogP contribution in [0.3, 0.4) is 0 Å². The number of nitrogens with zero attached hydrogens (tertiary/aromatic N) is 1. The lowest BCUT2D eigenvalue weighted by molar-refractivity contribution is -0.123. The molecular weight excluding hydrogens is 256 g/mol. The van der Waals surface area contributed by atoms with Gasteiger partial charge in [-0.3, -0.25) is 9.78 Å². The first-order chi connectivity index (χ1) is 9.81. The fourth-order valence-electron chi connectivity index (χ4n) is 1.83. The molecule has 20 heavy (non-hydrogen) atoms. The van der Waals surface area contributed by atoms with Gasteiger partial charge in [0.05, 0.1) is 0 Å². The topological polar surface area (TPSA) is 60.5 Å². The Morgan fingerprint density at radius 2 is 2.15 bits per heavy atom. The van der Waals surface area contributed by atoms with Crippen LogP contribution >= 0.6 is 0 Å². The van der Waals surface area contributed by atoms with Crippen molar-refractivity contribution in [3.63, 3.8) is 0 Å². The van der Waals surface area contributed by atoms with Crippen molar-refractivity contribution in [3.05, 3.63) is 36.5 Å². The molecule has 1 heterocycles. The zero-order valence-electron chi connectivity index (χ0n) is 11.5. The second kappa shape index (κ2) is 7.45. The number of methoxy groups -OCH3 is 1. The first-order valence-electron chi connectivity index (χ1n) is 6.53. The summed E-state index contributed by atoms with van der Waals surface area (Å²) in [4.78, 5) is 15.9. The van der Waals surface area contributed by atoms with Crippen molar-refractivity contribution < 1.29 is 14.3 Å². The maximum atomic E-state index is 11.6. The number of hydrogen-bond acceptors (Lipinski definition) is 4. The lowest BCUT2D eigenvalue weighted by Crippen LogP contribution is -2.30. The molecule has 0 bridgehead atoms. The second-order valence-corrected chi connectivity index (χ2v) is 4.32. The highest BCUT2D eigenvalue weighted by Gasteiger charge is 2.06. The fourth-order valence-corrected chi connectivity index (χ4v) is 1.83. The van der Waals surface area contributed by atoms with Crippen molar-refractivity contribution >= 4 is 16.8 Å². The second-order valence-electron chi connectivity index (χ2n) is 4.32. The molecular formula is C15H18N2O3. The van der Waals surface area contributed by atoms with Crippen LogP contribution in [0.1, 0.15) is 6.42 Å². The van der Waals surface area contributed by atoms with Gasteiger partial charge in [-0.25, -0.2) is 0 Å². The van der Waals surface area contributed by atoms with Crippen molar-refractivity contribution in [1.29, 1.82) is 0 Å². The Morgan fingerprint density at radius 1 is 1.30 bits per heavy atom. The number of carbonyl (C=O) groups is 1. The fraction of sp³-hybridized carbons (Fsp3) is 0.333. The smallest absolute Gasteiger partial charge is 0.257 e. The van der Waals surface area contributed by atoms with Crippen LogP contribution in [0, 0.1) is 0 Å². The highest BCUT2D eigenvalue weighted by molar-refractivity contribution is 5.85. The van der Waals surface area contributed by atoms with E-state index in [1.165, 1.54) is 0 Å². The molecule has 2 aromatic rings. The number of nitrogens with one attached hydrogen (secondary N) is 1. The molecule has 1 aromatic heterocycles. The van der Waals surface area contributed by atoms with Crippen LogP contribution in [-0.2, 0) is 9.53 Å². The predicted octanol–water partition coefficient (Wildman–Crippen LogP) is 1.77. The Bertz CT molecular complexity index is 567. The van der Waals surface area contributed by atoms with Crippen LogP contribution in [0.4, 0.5) is 0 Å². The lowest BCUT2D eigenvalue weighted by atomic mass is 10.2. The van der Waals surface area contributed by atoms with Gasteiger partial charge in [0.1, 0.15) is 11.3 Å². The normalized spacial score (nSPS) is 10.4. The maximum Gasteiger partial charge on any atom is 0.257 e. The average Bonchev–Trinajstić information content (AvgIpc) is 2.49. The van der Waals surface area contributed by atoms with Crippen LogP contribution in [-0.4, -0.2) is 37.8 Å². The van der Waals surface area contributed by atoms with Crippen molar-refractivity contribution in [2.75, 3.05) is 26.9 Å². The number of benzene rings is 1. The summed E-state index contributed by atoms with van der Waals surface area (Å²) < 4.78 is 10.4. The number of fused-ring (bicyclic) bond motifs is 1. The largest absolute Gasteiger partial charge is 0.481 e. The molecule has 5 heteroatoms. The van der Waals surface area contributed by atoms with Gasteiger partial charge in [-0.15, -0.1) is 0 Å². The van der Waals surface area contributed by atoms with Crippen LogP contribution in [0.5, 0.6) is 5.75 Å². The van der Waals surface area contributed by atoms with Crippen molar-refractivity contribution in [2.45, 2.75) is 6.42 Å². The molecule has 0 unspecified atom stereocenters. The summed E-state index contributed by atoms with van der Waals surface area (Å²) in [5.41, 5.74) is 0.766. The van der Waals surface area contributed by atoms with Crippen LogP contribution in [0.25, 0.3) is 10.9 Å². The van der Waals surface area contributed by atoms with E-state index in [1.54, 1.807) is 13.3 Å². The molecule has 2 rings (SSSR count). The van der Waals surface area contributed by atoms with Gasteiger partial charge in [-0.1, -0.05) is 18.2 Å². The van der Waals surface area contributed by atoms with E-state index in [9.17, 15) is 4.79 Å². The van der Waals surface area contributed by atoms with Gasteiger partial charge >= 0.3 is 0 Å². The van der Waals surface area contributed by atoms with Gasteiger partial charge in [0.25, 0.3) is 5.91 Å². The minimum atomic E-state index is -0.144. The highest BCUT2D eigenvalue weighted by atomic mass is 16.5. The van der Waals surface area contributed by atoms with Gasteiger partial charge in [-0.2, -0.15) is 0 Å². The third kappa shape index (κ3) is 3.93. The summed E-state index contributed by atoms with van der Waals surface area (Å²) in [5.74, 6) is 0.476. The predicted molar refractivity (Wildman–Crippen MR) is 76.7 cm³/mol. The number of aromatic nitrogens is 1. The molecule has 1 N–H and O–H groups in total. The van der Waals surface area contributed by atoms with Gasteiger partial charge in [0, 0.05) is 31.8 Å². The van der Waals surface area contributed by atoms with Gasteiger partial charge in [-0.05, 0) is 18.6 Å². The number of hydrogen-bond donors (Lipinski definition) is 1. The molecule has 0 aliphatic heterocycles. The van der Waals surface area contributed by atoms with Crippen LogP contribution in [0.2, 0.25) is 0 Å². The zero-order chi connectivity index (χ0) is 14.2. The van der Waals surface area contributed by atoms with E-state index in [0.29, 0.717) is 18.9 Å². The maximum absolute atomic E-state index is 11.6. The minimum Gasteiger partial charge on any atom is -0.481 e. The molecule has 0 radical (unpaired) electrons. The molecule has 0 aliphatic carbocycles. The molecule has 5 nitrogen and oxygen atoms in total. The van der Waals surface area contributed by atoms with Crippen molar-refractivity contribution in [2.24, 2.45) is 0 Å². The number of amides is 1. The summed E-state index contributed by atoms with van der Waals surface area (Å²) in [5, 5.41) is 3.76. The molecule has 0 aliphatic rings. The Hall–Kier alpha value is -2.14. The summed E-state index contributed by atoms with van der Waals surface area (Å²) in [6.07, 6.45) is 2.50. The number of para-hydroxylation sites is 1. The van der Waals surface area contributed by atoms with Gasteiger partial charge in [0.15, 0.2) is 6.61 Å². The molecule has 0 spiro atoms. The summed E-state index contributed by atoms with van der Waals surface area (Å²) in [6.45, 7) is 1.21. The number of carbonyl (C=O) groups excluding carboxylic acids is 1. The molecule has 0 saturated carbocycles. The van der Waals surface area contributed by atoms with E-state index in [-0.39, 0.29) is 12.5 Å². The summed E-state index contributed by atoms with van der Waals surface area (Å²) in [7, 11) is 1.64. The third-order valence-corrected chi connectivity index (χ3v) is 2.80. The first kappa shape index (κ1) is 14.3. The minimum absolute atomic E-state index is 0.0112. The van der Waals surface area contributed by atoms with E-state index in [4.69, 9.17) is 9.47 Å². The van der Waals surface area contributed by atoms with Crippen LogP contribution < -0.4 is 10.1 Å². The van der Waals surface area contributed by atoms with E-state index in [2.05, 4.69) is 10.3 Å². The van der Waals surface area contributed by atoms with Gasteiger partial charge in [0.2, 0.25) is 0 Å². The van der Waals surface area contributed by atoms with Crippen LogP contribution in [0.15, 0.2) is 36.5 Å². The standard InChI is InChI=1S/C15H18N2O3/c1-19-10-4-9-16-14(18)11-20-13-7-2-5-12-6-3-8-17-15(12)13/h2-3,5-8H,4,9-11H2,1H3,(H,16,18). The molecule has 1 amide bonds.